The lowest BCUT2D eigenvalue weighted by molar-refractivity contribution is -0.113. The maximum Gasteiger partial charge on any atom is 0.298 e. The van der Waals surface area contributed by atoms with Gasteiger partial charge in [0.05, 0.1) is 10.6 Å². The van der Waals surface area contributed by atoms with Crippen molar-refractivity contribution >= 4 is 34.7 Å². The number of allylic oxidation sites excluding steroid dienone is 2. The Labute approximate surface area is 139 Å². The van der Waals surface area contributed by atoms with E-state index in [0.29, 0.717) is 10.6 Å². The zero-order chi connectivity index (χ0) is 16.2. The number of amides is 2. The molecule has 1 aliphatic heterocycles. The molecule has 4 heteroatoms. The molecule has 0 saturated carbocycles. The summed E-state index contributed by atoms with van der Waals surface area (Å²) >= 11 is 0.965. The Bertz CT molecular complexity index is 809. The molecule has 23 heavy (non-hydrogen) atoms. The van der Waals surface area contributed by atoms with Gasteiger partial charge >= 0.3 is 0 Å². The van der Waals surface area contributed by atoms with Crippen LogP contribution >= 0.6 is 11.8 Å². The van der Waals surface area contributed by atoms with Crippen LogP contribution in [0.3, 0.4) is 0 Å². The van der Waals surface area contributed by atoms with Gasteiger partial charge in [0.15, 0.2) is 0 Å². The monoisotopic (exact) mass is 321 g/mol. The Morgan fingerprint density at radius 3 is 2.52 bits per heavy atom. The van der Waals surface area contributed by atoms with Crippen LogP contribution in [0.2, 0.25) is 0 Å². The van der Waals surface area contributed by atoms with E-state index >= 15 is 0 Å². The van der Waals surface area contributed by atoms with E-state index in [0.717, 1.165) is 22.9 Å². The summed E-state index contributed by atoms with van der Waals surface area (Å²) in [5.74, 6) is -0.275. The number of aryl methyl sites for hydroxylation is 1. The molecule has 3 rings (SSSR count). The topological polar surface area (TPSA) is 37.4 Å². The molecule has 1 fully saturated rings. The molecule has 1 aliphatic rings. The quantitative estimate of drug-likeness (QED) is 0.763. The van der Waals surface area contributed by atoms with Gasteiger partial charge in [0.2, 0.25) is 0 Å². The van der Waals surface area contributed by atoms with E-state index in [9.17, 15) is 9.59 Å². The zero-order valence-electron chi connectivity index (χ0n) is 12.6. The summed E-state index contributed by atoms with van der Waals surface area (Å²) in [6, 6.07) is 17.2. The number of carbonyl (C=O) groups is 2. The summed E-state index contributed by atoms with van der Waals surface area (Å²) in [7, 11) is 0. The van der Waals surface area contributed by atoms with E-state index in [-0.39, 0.29) is 11.1 Å². The maximum absolute atomic E-state index is 12.5. The van der Waals surface area contributed by atoms with Crippen molar-refractivity contribution in [1.29, 1.82) is 0 Å². The molecule has 0 bridgehead atoms. The SMILES string of the molecule is Cc1cccc(N2C(=O)S/C(=C\C=C\c3ccccc3)C2=O)c1. The molecule has 0 unspecified atom stereocenters. The predicted molar refractivity (Wildman–Crippen MR) is 95.2 cm³/mol. The second-order valence-electron chi connectivity index (χ2n) is 5.15. The summed E-state index contributed by atoms with van der Waals surface area (Å²) in [4.78, 5) is 26.3. The summed E-state index contributed by atoms with van der Waals surface area (Å²) in [5, 5.41) is -0.264. The van der Waals surface area contributed by atoms with Crippen LogP contribution in [-0.4, -0.2) is 11.1 Å². The predicted octanol–water partition coefficient (Wildman–Crippen LogP) is 4.79. The molecular formula is C19H15NO2S. The van der Waals surface area contributed by atoms with Crippen molar-refractivity contribution in [3.05, 3.63) is 82.8 Å². The summed E-state index contributed by atoms with van der Waals surface area (Å²) in [5.41, 5.74) is 2.67. The molecule has 0 spiro atoms. The van der Waals surface area contributed by atoms with E-state index in [1.165, 1.54) is 4.90 Å². The van der Waals surface area contributed by atoms with Gasteiger partial charge in [0, 0.05) is 0 Å². The third kappa shape index (κ3) is 3.43. The number of carbonyl (C=O) groups excluding carboxylic acids is 2. The minimum atomic E-state index is -0.275. The second kappa shape index (κ2) is 6.67. The highest BCUT2D eigenvalue weighted by Gasteiger charge is 2.35. The molecule has 1 heterocycles. The van der Waals surface area contributed by atoms with Crippen molar-refractivity contribution in [2.45, 2.75) is 6.92 Å². The van der Waals surface area contributed by atoms with Gasteiger partial charge in [-0.2, -0.15) is 0 Å². The van der Waals surface area contributed by atoms with E-state index in [4.69, 9.17) is 0 Å². The van der Waals surface area contributed by atoms with Crippen LogP contribution in [0.4, 0.5) is 10.5 Å². The molecule has 0 atom stereocenters. The van der Waals surface area contributed by atoms with E-state index in [1.54, 1.807) is 18.2 Å². The molecule has 0 aromatic heterocycles. The van der Waals surface area contributed by atoms with Gasteiger partial charge in [-0.25, -0.2) is 4.90 Å². The molecule has 2 aromatic rings. The molecule has 3 nitrogen and oxygen atoms in total. The first-order valence-corrected chi connectivity index (χ1v) is 8.03. The van der Waals surface area contributed by atoms with Gasteiger partial charge in [-0.15, -0.1) is 0 Å². The lowest BCUT2D eigenvalue weighted by atomic mass is 10.2. The molecule has 2 amide bonds. The first-order chi connectivity index (χ1) is 11.1. The first-order valence-electron chi connectivity index (χ1n) is 7.21. The average molecular weight is 321 g/mol. The molecule has 1 saturated heterocycles. The van der Waals surface area contributed by atoms with E-state index < -0.39 is 0 Å². The number of anilines is 1. The van der Waals surface area contributed by atoms with Gasteiger partial charge in [-0.05, 0) is 48.0 Å². The highest BCUT2D eigenvalue weighted by molar-refractivity contribution is 8.18. The van der Waals surface area contributed by atoms with Crippen LogP contribution < -0.4 is 4.90 Å². The largest absolute Gasteiger partial charge is 0.298 e. The number of benzene rings is 2. The van der Waals surface area contributed by atoms with Gasteiger partial charge in [0.1, 0.15) is 0 Å². The minimum absolute atomic E-state index is 0.264. The minimum Gasteiger partial charge on any atom is -0.268 e. The second-order valence-corrected chi connectivity index (χ2v) is 6.14. The van der Waals surface area contributed by atoms with Crippen molar-refractivity contribution in [2.75, 3.05) is 4.90 Å². The molecule has 0 aliphatic carbocycles. The van der Waals surface area contributed by atoms with Crippen molar-refractivity contribution in [3.63, 3.8) is 0 Å². The van der Waals surface area contributed by atoms with Gasteiger partial charge in [-0.1, -0.05) is 54.6 Å². The summed E-state index contributed by atoms with van der Waals surface area (Å²) in [6.07, 6.45) is 5.39. The molecule has 0 radical (unpaired) electrons. The number of hydrogen-bond donors (Lipinski definition) is 0. The van der Waals surface area contributed by atoms with E-state index in [1.807, 2.05) is 61.5 Å². The number of imide groups is 1. The highest BCUT2D eigenvalue weighted by Crippen LogP contribution is 2.34. The fourth-order valence-corrected chi connectivity index (χ4v) is 3.08. The Kier molecular flexibility index (Phi) is 4.44. The molecular weight excluding hydrogens is 306 g/mol. The molecule has 114 valence electrons. The maximum atomic E-state index is 12.5. The Balaban J connectivity index is 1.81. The van der Waals surface area contributed by atoms with Crippen molar-refractivity contribution in [3.8, 4) is 0 Å². The Morgan fingerprint density at radius 1 is 1.00 bits per heavy atom. The molecule has 0 N–H and O–H groups in total. The Morgan fingerprint density at radius 2 is 1.78 bits per heavy atom. The number of hydrogen-bond acceptors (Lipinski definition) is 3. The first kappa shape index (κ1) is 15.3. The third-order valence-corrected chi connectivity index (χ3v) is 4.28. The highest BCUT2D eigenvalue weighted by atomic mass is 32.2. The van der Waals surface area contributed by atoms with Crippen LogP contribution in [0.15, 0.2) is 71.7 Å². The standard InChI is InChI=1S/C19H15NO2S/c1-14-7-5-11-16(13-14)20-18(21)17(23-19(20)22)12-6-10-15-8-3-2-4-9-15/h2-13H,1H3/b10-6+,17-12-. The van der Waals surface area contributed by atoms with Crippen LogP contribution in [0.1, 0.15) is 11.1 Å². The van der Waals surface area contributed by atoms with Crippen LogP contribution in [0.5, 0.6) is 0 Å². The lowest BCUT2D eigenvalue weighted by Gasteiger charge is -2.12. The van der Waals surface area contributed by atoms with Crippen LogP contribution in [0.25, 0.3) is 6.08 Å². The average Bonchev–Trinajstić information content (AvgIpc) is 2.82. The number of rotatable bonds is 3. The normalized spacial score (nSPS) is 16.7. The lowest BCUT2D eigenvalue weighted by Crippen LogP contribution is -2.27. The van der Waals surface area contributed by atoms with Gasteiger partial charge in [-0.3, -0.25) is 9.59 Å². The van der Waals surface area contributed by atoms with Gasteiger partial charge < -0.3 is 0 Å². The van der Waals surface area contributed by atoms with Crippen LogP contribution in [0, 0.1) is 6.92 Å². The number of thioether (sulfide) groups is 1. The molecule has 2 aromatic carbocycles. The third-order valence-electron chi connectivity index (χ3n) is 3.39. The van der Waals surface area contributed by atoms with Crippen molar-refractivity contribution in [1.82, 2.24) is 0 Å². The fourth-order valence-electron chi connectivity index (χ4n) is 2.28. The zero-order valence-corrected chi connectivity index (χ0v) is 13.4. The van der Waals surface area contributed by atoms with Crippen LogP contribution in [-0.2, 0) is 4.79 Å². The van der Waals surface area contributed by atoms with Crippen molar-refractivity contribution in [2.24, 2.45) is 0 Å². The van der Waals surface area contributed by atoms with Crippen molar-refractivity contribution < 1.29 is 9.59 Å². The van der Waals surface area contributed by atoms with E-state index in [2.05, 4.69) is 0 Å². The Hall–Kier alpha value is -2.59. The summed E-state index contributed by atoms with van der Waals surface area (Å²) in [6.45, 7) is 1.93. The smallest absolute Gasteiger partial charge is 0.268 e. The fraction of sp³-hybridized carbons (Fsp3) is 0.0526. The number of nitrogens with zero attached hydrogens (tertiary/aromatic N) is 1. The summed E-state index contributed by atoms with van der Waals surface area (Å²) < 4.78 is 0. The van der Waals surface area contributed by atoms with Gasteiger partial charge in [0.25, 0.3) is 11.1 Å².